The summed E-state index contributed by atoms with van der Waals surface area (Å²) in [4.78, 5) is 30.9. The largest absolute Gasteiger partial charge is 0.370 e. The number of aromatic nitrogens is 1. The predicted molar refractivity (Wildman–Crippen MR) is 89.3 cm³/mol. The fourth-order valence-corrected chi connectivity index (χ4v) is 2.24. The molecule has 2 amide bonds. The Labute approximate surface area is 141 Å². The maximum absolute atomic E-state index is 12.0. The third-order valence-electron chi connectivity index (χ3n) is 3.30. The smallest absolute Gasteiger partial charge is 0.240 e. The van der Waals surface area contributed by atoms with E-state index in [0.29, 0.717) is 26.2 Å². The van der Waals surface area contributed by atoms with Crippen LogP contribution in [0.25, 0.3) is 0 Å². The average molecular weight is 350 g/mol. The number of piperazine rings is 1. The Balaban J connectivity index is 0.00000220. The Morgan fingerprint density at radius 1 is 1.18 bits per heavy atom. The summed E-state index contributed by atoms with van der Waals surface area (Å²) in [6, 6.07) is 4.90. The lowest BCUT2D eigenvalue weighted by Crippen LogP contribution is -2.54. The van der Waals surface area contributed by atoms with Gasteiger partial charge in [0.15, 0.2) is 0 Å². The van der Waals surface area contributed by atoms with E-state index in [1.54, 1.807) is 11.1 Å². The average Bonchev–Trinajstić information content (AvgIpc) is 2.47. The summed E-state index contributed by atoms with van der Waals surface area (Å²) in [5.74, 6) is 0.128. The zero-order valence-corrected chi connectivity index (χ0v) is 13.7. The molecule has 1 saturated heterocycles. The molecule has 0 spiro atoms. The number of nitrogens with two attached hydrogens (primary N) is 2. The van der Waals surface area contributed by atoms with Crippen LogP contribution in [0.2, 0.25) is 0 Å². The van der Waals surface area contributed by atoms with Gasteiger partial charge in [0.1, 0.15) is 5.82 Å². The molecule has 2 rings (SSSR count). The molecule has 1 unspecified atom stereocenters. The Morgan fingerprint density at radius 3 is 2.32 bits per heavy atom. The minimum atomic E-state index is -0.839. The number of hydrogen-bond acceptors (Lipinski definition) is 5. The lowest BCUT2D eigenvalue weighted by Gasteiger charge is -2.36. The lowest BCUT2D eigenvalue weighted by molar-refractivity contribution is -0.134. The molecular formula is C13H21Cl2N5O2. The molecule has 7 nitrogen and oxygen atoms in total. The Morgan fingerprint density at radius 2 is 1.82 bits per heavy atom. The van der Waals surface area contributed by atoms with Gasteiger partial charge in [0.2, 0.25) is 11.8 Å². The lowest BCUT2D eigenvalue weighted by atomic mass is 10.1. The van der Waals surface area contributed by atoms with Gasteiger partial charge >= 0.3 is 0 Å². The van der Waals surface area contributed by atoms with Gasteiger partial charge in [-0.05, 0) is 12.1 Å². The number of carbonyl (C=O) groups excluding carboxylic acids is 2. The summed E-state index contributed by atoms with van der Waals surface area (Å²) in [7, 11) is 0. The molecule has 9 heteroatoms. The molecule has 1 fully saturated rings. The number of carbonyl (C=O) groups is 2. The van der Waals surface area contributed by atoms with E-state index in [-0.39, 0.29) is 37.1 Å². The number of amides is 2. The van der Waals surface area contributed by atoms with Gasteiger partial charge in [-0.1, -0.05) is 6.07 Å². The molecule has 1 aliphatic rings. The summed E-state index contributed by atoms with van der Waals surface area (Å²) in [5.41, 5.74) is 10.7. The first-order valence-electron chi connectivity index (χ1n) is 6.56. The number of primary amides is 1. The maximum atomic E-state index is 12.0. The van der Waals surface area contributed by atoms with Crippen LogP contribution in [-0.2, 0) is 9.59 Å². The highest BCUT2D eigenvalue weighted by Crippen LogP contribution is 2.13. The molecule has 0 aliphatic carbocycles. The van der Waals surface area contributed by atoms with Gasteiger partial charge in [0.25, 0.3) is 0 Å². The van der Waals surface area contributed by atoms with E-state index in [1.165, 1.54) is 0 Å². The summed E-state index contributed by atoms with van der Waals surface area (Å²) < 4.78 is 0. The Hall–Kier alpha value is -1.57. The second-order valence-corrected chi connectivity index (χ2v) is 4.78. The van der Waals surface area contributed by atoms with Crippen LogP contribution in [0, 0.1) is 0 Å². The predicted octanol–water partition coefficient (Wildman–Crippen LogP) is -0.223. The molecule has 0 saturated carbocycles. The van der Waals surface area contributed by atoms with Crippen LogP contribution < -0.4 is 16.4 Å². The fraction of sp³-hybridized carbons (Fsp3) is 0.462. The Bertz CT molecular complexity index is 481. The molecule has 1 aliphatic heterocycles. The summed E-state index contributed by atoms with van der Waals surface area (Å²) in [6.07, 6.45) is 1.63. The molecule has 1 atom stereocenters. The second kappa shape index (κ2) is 9.45. The van der Waals surface area contributed by atoms with Crippen LogP contribution in [0.15, 0.2) is 24.4 Å². The van der Waals surface area contributed by atoms with E-state index in [9.17, 15) is 9.59 Å². The van der Waals surface area contributed by atoms with Crippen LogP contribution in [0.1, 0.15) is 6.42 Å². The number of hydrogen-bond donors (Lipinski definition) is 2. The normalized spacial score (nSPS) is 15.3. The molecule has 4 N–H and O–H groups in total. The zero-order chi connectivity index (χ0) is 14.5. The van der Waals surface area contributed by atoms with E-state index in [1.807, 2.05) is 18.2 Å². The SMILES string of the molecule is Cl.Cl.NC(=O)CC(N)C(=O)N1CCN(c2ccccn2)CC1. The van der Waals surface area contributed by atoms with E-state index >= 15 is 0 Å². The van der Waals surface area contributed by atoms with Crippen molar-refractivity contribution in [1.82, 2.24) is 9.88 Å². The number of rotatable bonds is 4. The number of nitrogens with zero attached hydrogens (tertiary/aromatic N) is 3. The summed E-state index contributed by atoms with van der Waals surface area (Å²) >= 11 is 0. The van der Waals surface area contributed by atoms with Crippen molar-refractivity contribution in [3.05, 3.63) is 24.4 Å². The topological polar surface area (TPSA) is 106 Å². The number of halogens is 2. The first-order chi connectivity index (χ1) is 9.58. The van der Waals surface area contributed by atoms with Crippen molar-refractivity contribution in [3.63, 3.8) is 0 Å². The number of pyridine rings is 1. The van der Waals surface area contributed by atoms with Crippen molar-refractivity contribution in [2.45, 2.75) is 12.5 Å². The molecule has 0 radical (unpaired) electrons. The quantitative estimate of drug-likeness (QED) is 0.781. The molecule has 0 bridgehead atoms. The van der Waals surface area contributed by atoms with Gasteiger partial charge in [-0.2, -0.15) is 0 Å². The highest BCUT2D eigenvalue weighted by molar-refractivity contribution is 5.87. The highest BCUT2D eigenvalue weighted by atomic mass is 35.5. The maximum Gasteiger partial charge on any atom is 0.240 e. The molecule has 2 heterocycles. The van der Waals surface area contributed by atoms with Gasteiger partial charge < -0.3 is 21.3 Å². The Kier molecular flexibility index (Phi) is 8.77. The minimum absolute atomic E-state index is 0. The second-order valence-electron chi connectivity index (χ2n) is 4.78. The molecule has 124 valence electrons. The first-order valence-corrected chi connectivity index (χ1v) is 6.56. The number of anilines is 1. The summed E-state index contributed by atoms with van der Waals surface area (Å²) in [6.45, 7) is 2.54. The van der Waals surface area contributed by atoms with E-state index in [4.69, 9.17) is 11.5 Å². The van der Waals surface area contributed by atoms with Gasteiger partial charge in [-0.25, -0.2) is 4.98 Å². The van der Waals surface area contributed by atoms with Crippen LogP contribution in [0.5, 0.6) is 0 Å². The van der Waals surface area contributed by atoms with Crippen LogP contribution in [0.4, 0.5) is 5.82 Å². The van der Waals surface area contributed by atoms with Gasteiger partial charge in [0, 0.05) is 32.4 Å². The van der Waals surface area contributed by atoms with Crippen LogP contribution in [0.3, 0.4) is 0 Å². The fourth-order valence-electron chi connectivity index (χ4n) is 2.24. The van der Waals surface area contributed by atoms with Gasteiger partial charge in [0.05, 0.1) is 12.5 Å². The van der Waals surface area contributed by atoms with Gasteiger partial charge in [-0.15, -0.1) is 24.8 Å². The van der Waals surface area contributed by atoms with Crippen LogP contribution >= 0.6 is 24.8 Å². The molecular weight excluding hydrogens is 329 g/mol. The third kappa shape index (κ3) is 5.32. The molecule has 1 aromatic heterocycles. The van der Waals surface area contributed by atoms with E-state index in [2.05, 4.69) is 9.88 Å². The van der Waals surface area contributed by atoms with E-state index in [0.717, 1.165) is 5.82 Å². The molecule has 22 heavy (non-hydrogen) atoms. The van der Waals surface area contributed by atoms with Gasteiger partial charge in [-0.3, -0.25) is 9.59 Å². The molecule has 1 aromatic rings. The first kappa shape index (κ1) is 20.4. The van der Waals surface area contributed by atoms with Crippen LogP contribution in [-0.4, -0.2) is 53.9 Å². The van der Waals surface area contributed by atoms with E-state index < -0.39 is 11.9 Å². The monoisotopic (exact) mass is 349 g/mol. The third-order valence-corrected chi connectivity index (χ3v) is 3.30. The van der Waals surface area contributed by atoms with Crippen molar-refractivity contribution in [2.24, 2.45) is 11.5 Å². The van der Waals surface area contributed by atoms with Crippen molar-refractivity contribution < 1.29 is 9.59 Å². The zero-order valence-electron chi connectivity index (χ0n) is 12.1. The highest BCUT2D eigenvalue weighted by Gasteiger charge is 2.26. The standard InChI is InChI=1S/C13H19N5O2.2ClH/c14-10(9-11(15)19)13(20)18-7-5-17(6-8-18)12-3-1-2-4-16-12;;/h1-4,10H,5-9,14H2,(H2,15,19);2*1H. The van der Waals surface area contributed by atoms with Crippen molar-refractivity contribution in [2.75, 3.05) is 31.1 Å². The molecule has 0 aromatic carbocycles. The van der Waals surface area contributed by atoms with Crippen molar-refractivity contribution >= 4 is 42.4 Å². The minimum Gasteiger partial charge on any atom is -0.370 e. The van der Waals surface area contributed by atoms with Crippen molar-refractivity contribution in [3.8, 4) is 0 Å². The summed E-state index contributed by atoms with van der Waals surface area (Å²) in [5, 5.41) is 0. The van der Waals surface area contributed by atoms with Crippen molar-refractivity contribution in [1.29, 1.82) is 0 Å².